The van der Waals surface area contributed by atoms with E-state index in [2.05, 4.69) is 20.8 Å². The molecule has 4 heteroatoms. The Bertz CT molecular complexity index is 1210. The van der Waals surface area contributed by atoms with Gasteiger partial charge in [-0.1, -0.05) is 87.5 Å². The number of benzene rings is 3. The lowest BCUT2D eigenvalue weighted by molar-refractivity contribution is 0.0420. The number of hydrogen-bond acceptors (Lipinski definition) is 2. The summed E-state index contributed by atoms with van der Waals surface area (Å²) < 4.78 is 22.1. The van der Waals surface area contributed by atoms with Crippen LogP contribution in [0.5, 0.6) is 5.75 Å². The molecule has 3 aromatic carbocycles. The Morgan fingerprint density at radius 3 is 2.33 bits per heavy atom. The Morgan fingerprint density at radius 1 is 0.970 bits per heavy atom. The van der Waals surface area contributed by atoms with Crippen LogP contribution in [0.2, 0.25) is 0 Å². The molecule has 168 valence electrons. The molecular weight excluding hydrogens is 413 g/mol. The highest BCUT2D eigenvalue weighted by atomic mass is 19.1. The first kappa shape index (κ1) is 21.4. The molecule has 0 saturated heterocycles. The summed E-state index contributed by atoms with van der Waals surface area (Å²) in [6, 6.07) is 24.6. The maximum Gasteiger partial charge on any atom is 0.254 e. The van der Waals surface area contributed by atoms with Crippen LogP contribution >= 0.6 is 0 Å². The van der Waals surface area contributed by atoms with Crippen LogP contribution in [-0.4, -0.2) is 29.6 Å². The summed E-state index contributed by atoms with van der Waals surface area (Å²) in [4.78, 5) is 15.3. The van der Waals surface area contributed by atoms with Crippen molar-refractivity contribution in [2.45, 2.75) is 37.9 Å². The Labute approximate surface area is 194 Å². The lowest BCUT2D eigenvalue weighted by Crippen LogP contribution is -2.52. The summed E-state index contributed by atoms with van der Waals surface area (Å²) in [5, 5.41) is 0. The number of carbonyl (C=O) groups excluding carboxylic acids is 1. The third kappa shape index (κ3) is 3.84. The molecule has 0 saturated carbocycles. The van der Waals surface area contributed by atoms with E-state index >= 15 is 4.39 Å². The van der Waals surface area contributed by atoms with Crippen LogP contribution in [0.15, 0.2) is 84.9 Å². The monoisotopic (exact) mass is 441 g/mol. The molecule has 2 heterocycles. The van der Waals surface area contributed by atoms with Gasteiger partial charge in [0.25, 0.3) is 5.91 Å². The minimum Gasteiger partial charge on any atom is -0.489 e. The molecule has 2 aliphatic rings. The van der Waals surface area contributed by atoms with Crippen molar-refractivity contribution < 1.29 is 13.9 Å². The van der Waals surface area contributed by atoms with E-state index in [4.69, 9.17) is 4.74 Å². The van der Waals surface area contributed by atoms with Crippen molar-refractivity contribution in [2.24, 2.45) is 0 Å². The molecule has 0 bridgehead atoms. The van der Waals surface area contributed by atoms with E-state index in [-0.39, 0.29) is 30.5 Å². The van der Waals surface area contributed by atoms with Crippen LogP contribution in [0.4, 0.5) is 4.39 Å². The molecule has 33 heavy (non-hydrogen) atoms. The van der Waals surface area contributed by atoms with Crippen LogP contribution in [0, 0.1) is 0 Å². The van der Waals surface area contributed by atoms with E-state index < -0.39 is 5.67 Å². The number of rotatable bonds is 2. The van der Waals surface area contributed by atoms with Gasteiger partial charge in [0.1, 0.15) is 12.4 Å². The van der Waals surface area contributed by atoms with Gasteiger partial charge >= 0.3 is 0 Å². The first-order chi connectivity index (χ1) is 15.8. The van der Waals surface area contributed by atoms with Gasteiger partial charge in [-0.15, -0.1) is 0 Å². The van der Waals surface area contributed by atoms with E-state index in [1.807, 2.05) is 84.9 Å². The van der Waals surface area contributed by atoms with E-state index in [0.29, 0.717) is 16.9 Å². The molecule has 0 fully saturated rings. The molecule has 0 radical (unpaired) electrons. The molecule has 2 aliphatic heterocycles. The number of halogens is 1. The quantitative estimate of drug-likeness (QED) is 0.463. The first-order valence-corrected chi connectivity index (χ1v) is 11.4. The summed E-state index contributed by atoms with van der Waals surface area (Å²) in [6.45, 7) is 6.25. The average molecular weight is 442 g/mol. The summed E-state index contributed by atoms with van der Waals surface area (Å²) in [6.07, 6.45) is 1.90. The second kappa shape index (κ2) is 7.87. The van der Waals surface area contributed by atoms with E-state index in [9.17, 15) is 4.79 Å². The molecule has 1 amide bonds. The van der Waals surface area contributed by atoms with Crippen LogP contribution in [0.3, 0.4) is 0 Å². The van der Waals surface area contributed by atoms with Crippen molar-refractivity contribution >= 4 is 11.5 Å². The largest absolute Gasteiger partial charge is 0.489 e. The van der Waals surface area contributed by atoms with Crippen molar-refractivity contribution in [1.29, 1.82) is 0 Å². The van der Waals surface area contributed by atoms with Gasteiger partial charge in [0.2, 0.25) is 0 Å². The van der Waals surface area contributed by atoms with Gasteiger partial charge in [0.05, 0.1) is 12.6 Å². The third-order valence-corrected chi connectivity index (χ3v) is 6.60. The number of para-hydroxylation sites is 1. The van der Waals surface area contributed by atoms with Gasteiger partial charge in [-0.2, -0.15) is 0 Å². The van der Waals surface area contributed by atoms with Crippen molar-refractivity contribution in [3.05, 3.63) is 107 Å². The van der Waals surface area contributed by atoms with Gasteiger partial charge in [-0.3, -0.25) is 4.79 Å². The molecule has 0 aliphatic carbocycles. The second-order valence-corrected chi connectivity index (χ2v) is 9.95. The molecule has 2 atom stereocenters. The third-order valence-electron chi connectivity index (χ3n) is 6.60. The predicted octanol–water partition coefficient (Wildman–Crippen LogP) is 6.37. The highest BCUT2D eigenvalue weighted by Crippen LogP contribution is 2.47. The first-order valence-electron chi connectivity index (χ1n) is 11.4. The molecule has 3 aromatic rings. The Hall–Kier alpha value is -3.40. The number of nitrogens with zero attached hydrogens (tertiary/aromatic N) is 1. The smallest absolute Gasteiger partial charge is 0.254 e. The normalized spacial score (nSPS) is 22.0. The fraction of sp³-hybridized carbons (Fsp3) is 0.276. The zero-order chi connectivity index (χ0) is 23.2. The number of carbonyl (C=O) groups is 1. The Morgan fingerprint density at radius 2 is 1.64 bits per heavy atom. The zero-order valence-corrected chi connectivity index (χ0v) is 19.2. The Kier molecular flexibility index (Phi) is 5.12. The van der Waals surface area contributed by atoms with Crippen LogP contribution < -0.4 is 4.74 Å². The number of ether oxygens (including phenoxy) is 1. The molecule has 0 aromatic heterocycles. The SMILES string of the molecule is CC(C)(C)c1ccc(C(=O)N2C[C@]3(F)COc4ccccc4C3=C[C@@H]2c2ccccc2)cc1. The molecule has 3 nitrogen and oxygen atoms in total. The maximum absolute atomic E-state index is 16.3. The van der Waals surface area contributed by atoms with E-state index in [1.165, 1.54) is 0 Å². The van der Waals surface area contributed by atoms with Crippen LogP contribution in [0.1, 0.15) is 53.9 Å². The van der Waals surface area contributed by atoms with Gasteiger partial charge in [-0.25, -0.2) is 4.39 Å². The average Bonchev–Trinajstić information content (AvgIpc) is 2.82. The lowest BCUT2D eigenvalue weighted by atomic mass is 9.81. The second-order valence-electron chi connectivity index (χ2n) is 9.95. The van der Waals surface area contributed by atoms with Crippen molar-refractivity contribution in [1.82, 2.24) is 4.90 Å². The van der Waals surface area contributed by atoms with E-state index in [1.54, 1.807) is 4.90 Å². The van der Waals surface area contributed by atoms with Gasteiger partial charge < -0.3 is 9.64 Å². The zero-order valence-electron chi connectivity index (χ0n) is 19.2. The van der Waals surface area contributed by atoms with Crippen molar-refractivity contribution in [2.75, 3.05) is 13.2 Å². The van der Waals surface area contributed by atoms with Crippen LogP contribution in [-0.2, 0) is 5.41 Å². The fourth-order valence-electron chi connectivity index (χ4n) is 4.72. The molecule has 0 spiro atoms. The topological polar surface area (TPSA) is 29.5 Å². The highest BCUT2D eigenvalue weighted by Gasteiger charge is 2.48. The van der Waals surface area contributed by atoms with Crippen molar-refractivity contribution in [3.8, 4) is 5.75 Å². The summed E-state index contributed by atoms with van der Waals surface area (Å²) in [7, 11) is 0. The van der Waals surface area contributed by atoms with E-state index in [0.717, 1.165) is 16.7 Å². The maximum atomic E-state index is 16.3. The molecule has 0 unspecified atom stereocenters. The highest BCUT2D eigenvalue weighted by molar-refractivity contribution is 5.96. The lowest BCUT2D eigenvalue weighted by Gasteiger charge is -2.44. The summed E-state index contributed by atoms with van der Waals surface area (Å²) in [5.41, 5.74) is 2.25. The predicted molar refractivity (Wildman–Crippen MR) is 129 cm³/mol. The molecular formula is C29H28FNO2. The summed E-state index contributed by atoms with van der Waals surface area (Å²) in [5.74, 6) is 0.497. The molecule has 5 rings (SSSR count). The summed E-state index contributed by atoms with van der Waals surface area (Å²) >= 11 is 0. The van der Waals surface area contributed by atoms with Crippen molar-refractivity contribution in [3.63, 3.8) is 0 Å². The van der Waals surface area contributed by atoms with Gasteiger partial charge in [0.15, 0.2) is 5.67 Å². The van der Waals surface area contributed by atoms with Gasteiger partial charge in [-0.05, 0) is 34.7 Å². The van der Waals surface area contributed by atoms with Gasteiger partial charge in [0, 0.05) is 16.7 Å². The number of alkyl halides is 1. The Balaban J connectivity index is 1.59. The minimum atomic E-state index is -1.76. The minimum absolute atomic E-state index is 0.00720. The molecule has 0 N–H and O–H groups in total. The number of amides is 1. The fourth-order valence-corrected chi connectivity index (χ4v) is 4.72. The number of fused-ring (bicyclic) bond motifs is 3. The number of hydrogen-bond donors (Lipinski definition) is 0. The standard InChI is InChI=1S/C29H28FNO2/c1-28(2,3)22-15-13-21(14-16-22)27(32)31-18-29(30)19-33-26-12-8-7-11-23(26)24(29)17-25(31)20-9-5-4-6-10-20/h4-17,25H,18-19H2,1-3H3/t25-,29+/m1/s1. The van der Waals surface area contributed by atoms with Crippen LogP contribution in [0.25, 0.3) is 5.57 Å².